The van der Waals surface area contributed by atoms with Crippen molar-refractivity contribution in [1.29, 1.82) is 0 Å². The third-order valence-electron chi connectivity index (χ3n) is 6.00. The maximum Gasteiger partial charge on any atom is 0.311 e. The number of benzene rings is 3. The zero-order chi connectivity index (χ0) is 19.3. The lowest BCUT2D eigenvalue weighted by Gasteiger charge is -2.34. The normalized spacial score (nSPS) is 25.1. The van der Waals surface area contributed by atoms with Crippen LogP contribution in [0.5, 0.6) is 0 Å². The van der Waals surface area contributed by atoms with Gasteiger partial charge in [-0.25, -0.2) is 0 Å². The fourth-order valence-electron chi connectivity index (χ4n) is 4.77. The summed E-state index contributed by atoms with van der Waals surface area (Å²) < 4.78 is 5.86. The van der Waals surface area contributed by atoms with Crippen molar-refractivity contribution < 1.29 is 14.3 Å². The van der Waals surface area contributed by atoms with Crippen molar-refractivity contribution in [2.75, 3.05) is 0 Å². The second-order valence-electron chi connectivity index (χ2n) is 7.66. The lowest BCUT2D eigenvalue weighted by molar-refractivity contribution is -0.144. The highest BCUT2D eigenvalue weighted by molar-refractivity contribution is 6.04. The van der Waals surface area contributed by atoms with Crippen LogP contribution in [-0.2, 0) is 9.53 Å². The van der Waals surface area contributed by atoms with Gasteiger partial charge in [-0.2, -0.15) is 0 Å². The molecule has 2 aliphatic rings. The van der Waals surface area contributed by atoms with Crippen LogP contribution in [0.2, 0.25) is 0 Å². The Bertz CT molecular complexity index is 1060. The molecule has 0 amide bonds. The molecular formula is C25H20O3. The van der Waals surface area contributed by atoms with E-state index in [2.05, 4.69) is 6.07 Å². The Kier molecular flexibility index (Phi) is 3.90. The molecule has 3 aromatic carbocycles. The van der Waals surface area contributed by atoms with Crippen LogP contribution in [0.3, 0.4) is 0 Å². The highest BCUT2D eigenvalue weighted by atomic mass is 16.6. The van der Waals surface area contributed by atoms with Gasteiger partial charge in [-0.1, -0.05) is 84.4 Å². The smallest absolute Gasteiger partial charge is 0.311 e. The van der Waals surface area contributed by atoms with E-state index < -0.39 is 11.8 Å². The fraction of sp³-hybridized carbons (Fsp3) is 0.200. The van der Waals surface area contributed by atoms with Gasteiger partial charge in [-0.15, -0.1) is 0 Å². The van der Waals surface area contributed by atoms with Gasteiger partial charge in [-0.05, 0) is 23.6 Å². The van der Waals surface area contributed by atoms with E-state index in [1.807, 2.05) is 79.7 Å². The number of hydrogen-bond acceptors (Lipinski definition) is 3. The average Bonchev–Trinajstić information content (AvgIpc) is 3.01. The largest absolute Gasteiger partial charge is 0.457 e. The van der Waals surface area contributed by atoms with E-state index in [-0.39, 0.29) is 23.8 Å². The standard InChI is InChI=1S/C25H20O3/c1-15-12-13-18-19(14-15)24-20(16-8-4-2-5-9-16)22(25(27)28-24)21(18)23(26)17-10-6-3-7-11-17/h2-14,20-22,24H,1H3/t20-,21+,22+,24-/m1/s1. The molecule has 0 radical (unpaired) electrons. The van der Waals surface area contributed by atoms with Gasteiger partial charge < -0.3 is 4.74 Å². The molecule has 0 saturated carbocycles. The number of carbonyl (C=O) groups is 2. The van der Waals surface area contributed by atoms with Gasteiger partial charge in [0, 0.05) is 11.5 Å². The number of ether oxygens (including phenoxy) is 1. The first-order chi connectivity index (χ1) is 13.6. The highest BCUT2D eigenvalue weighted by Gasteiger charge is 2.56. The number of ketones is 1. The minimum absolute atomic E-state index is 0.0195. The van der Waals surface area contributed by atoms with Gasteiger partial charge in [-0.3, -0.25) is 9.59 Å². The number of rotatable bonds is 3. The molecule has 0 aromatic heterocycles. The first kappa shape index (κ1) is 16.9. The molecule has 3 heteroatoms. The Hall–Kier alpha value is -3.20. The van der Waals surface area contributed by atoms with Crippen LogP contribution in [0.4, 0.5) is 0 Å². The molecule has 1 fully saturated rings. The lowest BCUT2D eigenvalue weighted by Crippen LogP contribution is -2.33. The van der Waals surface area contributed by atoms with Gasteiger partial charge >= 0.3 is 5.97 Å². The summed E-state index contributed by atoms with van der Waals surface area (Å²) in [6.45, 7) is 2.02. The summed E-state index contributed by atoms with van der Waals surface area (Å²) in [5, 5.41) is 0. The van der Waals surface area contributed by atoms with Gasteiger partial charge in [0.25, 0.3) is 0 Å². The molecule has 1 saturated heterocycles. The van der Waals surface area contributed by atoms with E-state index >= 15 is 0 Å². The molecule has 3 nitrogen and oxygen atoms in total. The Morgan fingerprint density at radius 1 is 0.821 bits per heavy atom. The molecule has 1 aliphatic carbocycles. The van der Waals surface area contributed by atoms with Crippen LogP contribution >= 0.6 is 0 Å². The average molecular weight is 368 g/mol. The first-order valence-electron chi connectivity index (χ1n) is 9.60. The van der Waals surface area contributed by atoms with Crippen molar-refractivity contribution in [1.82, 2.24) is 0 Å². The van der Waals surface area contributed by atoms with E-state index in [4.69, 9.17) is 4.74 Å². The van der Waals surface area contributed by atoms with Crippen LogP contribution in [0, 0.1) is 12.8 Å². The number of Topliss-reactive ketones (excluding diaryl/α,β-unsaturated/α-hetero) is 1. The zero-order valence-electron chi connectivity index (χ0n) is 15.5. The lowest BCUT2D eigenvalue weighted by atomic mass is 9.65. The molecular weight excluding hydrogens is 348 g/mol. The third-order valence-corrected chi connectivity index (χ3v) is 6.00. The Morgan fingerprint density at radius 3 is 2.21 bits per heavy atom. The minimum Gasteiger partial charge on any atom is -0.457 e. The van der Waals surface area contributed by atoms with Crippen molar-refractivity contribution in [3.05, 3.63) is 107 Å². The van der Waals surface area contributed by atoms with Crippen molar-refractivity contribution in [3.8, 4) is 0 Å². The van der Waals surface area contributed by atoms with Gasteiger partial charge in [0.15, 0.2) is 5.78 Å². The molecule has 0 unspecified atom stereocenters. The van der Waals surface area contributed by atoms with Gasteiger partial charge in [0.1, 0.15) is 6.10 Å². The van der Waals surface area contributed by atoms with Crippen LogP contribution in [0.1, 0.15) is 50.6 Å². The summed E-state index contributed by atoms with van der Waals surface area (Å²) in [5.74, 6) is -1.48. The summed E-state index contributed by atoms with van der Waals surface area (Å²) in [6, 6.07) is 25.3. The molecule has 5 rings (SSSR count). The van der Waals surface area contributed by atoms with Crippen molar-refractivity contribution in [2.24, 2.45) is 5.92 Å². The highest BCUT2D eigenvalue weighted by Crippen LogP contribution is 2.57. The SMILES string of the molecule is Cc1ccc2c(c1)[C@H]1OC(=O)[C@@H]([C@H]1c1ccccc1)[C@H]2C(=O)c1ccccc1. The third kappa shape index (κ3) is 2.50. The molecule has 1 heterocycles. The summed E-state index contributed by atoms with van der Waals surface area (Å²) in [6.07, 6.45) is -0.338. The Labute approximate surface area is 164 Å². The van der Waals surface area contributed by atoms with Crippen LogP contribution in [0.25, 0.3) is 0 Å². The monoisotopic (exact) mass is 368 g/mol. The molecule has 28 heavy (non-hydrogen) atoms. The second-order valence-corrected chi connectivity index (χ2v) is 7.66. The minimum atomic E-state index is -0.533. The number of carbonyl (C=O) groups excluding carboxylic acids is 2. The number of esters is 1. The van der Waals surface area contributed by atoms with E-state index in [1.54, 1.807) is 0 Å². The Morgan fingerprint density at radius 2 is 1.50 bits per heavy atom. The topological polar surface area (TPSA) is 43.4 Å². The van der Waals surface area contributed by atoms with Crippen molar-refractivity contribution in [2.45, 2.75) is 24.9 Å². The number of hydrogen-bond donors (Lipinski definition) is 0. The summed E-state index contributed by atoms with van der Waals surface area (Å²) in [7, 11) is 0. The predicted molar refractivity (Wildman–Crippen MR) is 106 cm³/mol. The van der Waals surface area contributed by atoms with Crippen molar-refractivity contribution in [3.63, 3.8) is 0 Å². The zero-order valence-corrected chi connectivity index (χ0v) is 15.5. The summed E-state index contributed by atoms with van der Waals surface area (Å²) >= 11 is 0. The van der Waals surface area contributed by atoms with Crippen LogP contribution < -0.4 is 0 Å². The van der Waals surface area contributed by atoms with Crippen molar-refractivity contribution >= 4 is 11.8 Å². The van der Waals surface area contributed by atoms with Gasteiger partial charge in [0.2, 0.25) is 0 Å². The van der Waals surface area contributed by atoms with Crippen LogP contribution in [0.15, 0.2) is 78.9 Å². The molecule has 1 aliphatic heterocycles. The van der Waals surface area contributed by atoms with Gasteiger partial charge in [0.05, 0.1) is 11.8 Å². The molecule has 0 spiro atoms. The fourth-order valence-corrected chi connectivity index (χ4v) is 4.77. The molecule has 2 bridgehead atoms. The molecule has 0 N–H and O–H groups in total. The molecule has 138 valence electrons. The van der Waals surface area contributed by atoms with E-state index in [0.717, 1.165) is 22.3 Å². The first-order valence-corrected chi connectivity index (χ1v) is 9.60. The summed E-state index contributed by atoms with van der Waals surface area (Å²) in [5.41, 5.74) is 4.65. The van der Waals surface area contributed by atoms with E-state index in [9.17, 15) is 9.59 Å². The quantitative estimate of drug-likeness (QED) is 0.484. The maximum absolute atomic E-state index is 13.5. The predicted octanol–water partition coefficient (Wildman–Crippen LogP) is 4.97. The van der Waals surface area contributed by atoms with Crippen LogP contribution in [-0.4, -0.2) is 11.8 Å². The Balaban J connectivity index is 1.72. The summed E-state index contributed by atoms with van der Waals surface area (Å²) in [4.78, 5) is 26.5. The molecule has 4 atom stereocenters. The van der Waals surface area contributed by atoms with E-state index in [0.29, 0.717) is 5.56 Å². The molecule has 3 aromatic rings. The number of aryl methyl sites for hydroxylation is 1. The number of fused-ring (bicyclic) bond motifs is 4. The van der Waals surface area contributed by atoms with E-state index in [1.165, 1.54) is 0 Å². The maximum atomic E-state index is 13.5. The second kappa shape index (κ2) is 6.45.